The lowest BCUT2D eigenvalue weighted by Gasteiger charge is -1.98. The van der Waals surface area contributed by atoms with E-state index >= 15 is 0 Å². The van der Waals surface area contributed by atoms with E-state index in [1.54, 1.807) is 0 Å². The highest BCUT2D eigenvalue weighted by Gasteiger charge is 1.99. The molecule has 1 aromatic rings. The topological polar surface area (TPSA) is 49.3 Å². The first-order valence-corrected chi connectivity index (χ1v) is 2.93. The van der Waals surface area contributed by atoms with Gasteiger partial charge in [0.1, 0.15) is 0 Å². The monoisotopic (exact) mass is 155 g/mol. The molecule has 0 saturated heterocycles. The first-order valence-electron chi connectivity index (χ1n) is 2.93. The van der Waals surface area contributed by atoms with Gasteiger partial charge in [-0.15, -0.1) is 0 Å². The van der Waals surface area contributed by atoms with E-state index in [0.717, 1.165) is 6.07 Å². The lowest BCUT2D eigenvalue weighted by Crippen LogP contribution is -1.93. The van der Waals surface area contributed by atoms with Crippen molar-refractivity contribution >= 4 is 12.1 Å². The highest BCUT2D eigenvalue weighted by atomic mass is 19.1. The molecule has 0 heterocycles. The Morgan fingerprint density at radius 2 is 2.27 bits per heavy atom. The van der Waals surface area contributed by atoms with Crippen LogP contribution in [0, 0.1) is 5.82 Å². The van der Waals surface area contributed by atoms with Crippen molar-refractivity contribution < 1.29 is 14.3 Å². The number of anilines is 1. The minimum Gasteiger partial charge on any atom is -0.505 e. The fraction of sp³-hybridized carbons (Fsp3) is 0. The molecule has 2 N–H and O–H groups in total. The third-order valence-corrected chi connectivity index (χ3v) is 1.17. The average molecular weight is 155 g/mol. The van der Waals surface area contributed by atoms with Crippen LogP contribution < -0.4 is 5.32 Å². The summed E-state index contributed by atoms with van der Waals surface area (Å²) < 4.78 is 12.5. The molecule has 0 aliphatic rings. The van der Waals surface area contributed by atoms with E-state index in [-0.39, 0.29) is 0 Å². The average Bonchev–Trinajstić information content (AvgIpc) is 1.98. The number of phenolic OH excluding ortho intramolecular Hbond substituents is 1. The smallest absolute Gasteiger partial charge is 0.211 e. The van der Waals surface area contributed by atoms with Crippen molar-refractivity contribution in [3.8, 4) is 5.75 Å². The van der Waals surface area contributed by atoms with Crippen LogP contribution in [0.5, 0.6) is 5.75 Å². The minimum absolute atomic E-state index is 0.315. The van der Waals surface area contributed by atoms with Gasteiger partial charge in [-0.3, -0.25) is 4.79 Å². The van der Waals surface area contributed by atoms with Crippen molar-refractivity contribution in [2.24, 2.45) is 0 Å². The molecular weight excluding hydrogens is 149 g/mol. The van der Waals surface area contributed by atoms with Gasteiger partial charge in [-0.1, -0.05) is 0 Å². The predicted molar refractivity (Wildman–Crippen MR) is 37.8 cm³/mol. The number of benzene rings is 1. The fourth-order valence-corrected chi connectivity index (χ4v) is 0.665. The standard InChI is InChI=1S/C7H6FNO2/c8-6-3-5(9-4-10)1-2-7(6)11/h1-4,11H,(H,9,10). The number of aromatic hydroxyl groups is 1. The molecule has 11 heavy (non-hydrogen) atoms. The zero-order valence-corrected chi connectivity index (χ0v) is 5.54. The van der Waals surface area contributed by atoms with E-state index in [9.17, 15) is 9.18 Å². The first-order chi connectivity index (χ1) is 5.24. The Morgan fingerprint density at radius 1 is 1.55 bits per heavy atom. The van der Waals surface area contributed by atoms with E-state index in [0.29, 0.717) is 12.1 Å². The van der Waals surface area contributed by atoms with E-state index < -0.39 is 11.6 Å². The van der Waals surface area contributed by atoms with Crippen LogP contribution in [0.3, 0.4) is 0 Å². The molecule has 0 radical (unpaired) electrons. The summed E-state index contributed by atoms with van der Waals surface area (Å²) in [6, 6.07) is 3.59. The van der Waals surface area contributed by atoms with E-state index in [2.05, 4.69) is 5.32 Å². The molecule has 58 valence electrons. The molecule has 0 atom stereocenters. The van der Waals surface area contributed by atoms with Crippen LogP contribution in [-0.4, -0.2) is 11.5 Å². The molecule has 4 heteroatoms. The number of hydrogen-bond donors (Lipinski definition) is 2. The largest absolute Gasteiger partial charge is 0.505 e. The summed E-state index contributed by atoms with van der Waals surface area (Å²) in [7, 11) is 0. The molecule has 0 unspecified atom stereocenters. The minimum atomic E-state index is -0.753. The maximum Gasteiger partial charge on any atom is 0.211 e. The Bertz CT molecular complexity index is 275. The molecule has 0 spiro atoms. The summed E-state index contributed by atoms with van der Waals surface area (Å²) in [4.78, 5) is 9.87. The second-order valence-electron chi connectivity index (χ2n) is 1.93. The highest BCUT2D eigenvalue weighted by Crippen LogP contribution is 2.18. The molecule has 0 fully saturated rings. The van der Waals surface area contributed by atoms with Gasteiger partial charge in [0.15, 0.2) is 11.6 Å². The molecule has 0 aliphatic carbocycles. The third-order valence-electron chi connectivity index (χ3n) is 1.17. The number of hydrogen-bond acceptors (Lipinski definition) is 2. The number of nitrogens with one attached hydrogen (secondary N) is 1. The lowest BCUT2D eigenvalue weighted by atomic mass is 10.3. The van der Waals surface area contributed by atoms with Gasteiger partial charge in [0.2, 0.25) is 6.41 Å². The summed E-state index contributed by atoms with van der Waals surface area (Å²) in [5.41, 5.74) is 0.315. The second kappa shape index (κ2) is 3.01. The molecule has 1 rings (SSSR count). The van der Waals surface area contributed by atoms with E-state index in [1.807, 2.05) is 0 Å². The van der Waals surface area contributed by atoms with Gasteiger partial charge in [0.25, 0.3) is 0 Å². The van der Waals surface area contributed by atoms with Crippen LogP contribution in [-0.2, 0) is 4.79 Å². The third kappa shape index (κ3) is 1.67. The van der Waals surface area contributed by atoms with Crippen molar-refractivity contribution in [2.75, 3.05) is 5.32 Å². The molecular formula is C7H6FNO2. The summed E-state index contributed by atoms with van der Waals surface area (Å²) in [5.74, 6) is -1.18. The maximum atomic E-state index is 12.5. The van der Waals surface area contributed by atoms with Gasteiger partial charge in [-0.05, 0) is 12.1 Å². The van der Waals surface area contributed by atoms with Gasteiger partial charge in [-0.2, -0.15) is 0 Å². The second-order valence-corrected chi connectivity index (χ2v) is 1.93. The van der Waals surface area contributed by atoms with Gasteiger partial charge in [0.05, 0.1) is 0 Å². The zero-order chi connectivity index (χ0) is 8.27. The number of amides is 1. The normalized spacial score (nSPS) is 9.18. The van der Waals surface area contributed by atoms with Crippen LogP contribution in [0.15, 0.2) is 18.2 Å². The SMILES string of the molecule is O=CNc1ccc(O)c(F)c1. The molecule has 0 aliphatic heterocycles. The number of phenols is 1. The van der Waals surface area contributed by atoms with Crippen LogP contribution in [0.4, 0.5) is 10.1 Å². The Morgan fingerprint density at radius 3 is 2.82 bits per heavy atom. The molecule has 1 aromatic carbocycles. The van der Waals surface area contributed by atoms with Crippen molar-refractivity contribution in [3.05, 3.63) is 24.0 Å². The number of halogens is 1. The van der Waals surface area contributed by atoms with E-state index in [1.165, 1.54) is 12.1 Å². The number of carbonyl (C=O) groups is 1. The van der Waals surface area contributed by atoms with Gasteiger partial charge < -0.3 is 10.4 Å². The Balaban J connectivity index is 2.95. The Labute approximate surface area is 62.5 Å². The summed E-state index contributed by atoms with van der Waals surface area (Å²) in [6.07, 6.45) is 0.436. The lowest BCUT2D eigenvalue weighted by molar-refractivity contribution is -0.105. The van der Waals surface area contributed by atoms with Crippen LogP contribution >= 0.6 is 0 Å². The molecule has 0 saturated carbocycles. The first kappa shape index (κ1) is 7.53. The molecule has 0 aromatic heterocycles. The quantitative estimate of drug-likeness (QED) is 0.496. The van der Waals surface area contributed by atoms with Crippen molar-refractivity contribution in [2.45, 2.75) is 0 Å². The van der Waals surface area contributed by atoms with Gasteiger partial charge in [-0.25, -0.2) is 4.39 Å². The number of carbonyl (C=O) groups excluding carboxylic acids is 1. The van der Waals surface area contributed by atoms with Crippen molar-refractivity contribution in [1.29, 1.82) is 0 Å². The van der Waals surface area contributed by atoms with Gasteiger partial charge in [0, 0.05) is 11.8 Å². The fourth-order valence-electron chi connectivity index (χ4n) is 0.665. The maximum absolute atomic E-state index is 12.5. The Kier molecular flexibility index (Phi) is 2.06. The van der Waals surface area contributed by atoms with Crippen molar-refractivity contribution in [3.63, 3.8) is 0 Å². The van der Waals surface area contributed by atoms with Crippen LogP contribution in [0.2, 0.25) is 0 Å². The van der Waals surface area contributed by atoms with E-state index in [4.69, 9.17) is 5.11 Å². The Hall–Kier alpha value is -1.58. The molecule has 3 nitrogen and oxygen atoms in total. The molecule has 0 bridgehead atoms. The zero-order valence-electron chi connectivity index (χ0n) is 5.54. The van der Waals surface area contributed by atoms with Crippen LogP contribution in [0.1, 0.15) is 0 Å². The summed E-state index contributed by atoms with van der Waals surface area (Å²) >= 11 is 0. The summed E-state index contributed by atoms with van der Waals surface area (Å²) in [5, 5.41) is 11.0. The molecule has 1 amide bonds. The predicted octanol–water partition coefficient (Wildman–Crippen LogP) is 1.10. The summed E-state index contributed by atoms with van der Waals surface area (Å²) in [6.45, 7) is 0. The van der Waals surface area contributed by atoms with Crippen molar-refractivity contribution in [1.82, 2.24) is 0 Å². The number of rotatable bonds is 2. The van der Waals surface area contributed by atoms with Gasteiger partial charge >= 0.3 is 0 Å². The highest BCUT2D eigenvalue weighted by molar-refractivity contribution is 5.71. The van der Waals surface area contributed by atoms with Crippen LogP contribution in [0.25, 0.3) is 0 Å².